The Balaban J connectivity index is 1.72. The third kappa shape index (κ3) is 5.85. The largest absolute Gasteiger partial charge is 0.494 e. The Morgan fingerprint density at radius 2 is 2.00 bits per heavy atom. The number of carbonyl (C=O) groups is 1. The number of nitrogens with zero attached hydrogens (tertiary/aromatic N) is 2. The summed E-state index contributed by atoms with van der Waals surface area (Å²) in [4.78, 5) is 14.0. The molecule has 0 aromatic heterocycles. The van der Waals surface area contributed by atoms with E-state index in [0.29, 0.717) is 6.54 Å². The summed E-state index contributed by atoms with van der Waals surface area (Å²) >= 11 is 0. The number of rotatable bonds is 7. The van der Waals surface area contributed by atoms with Gasteiger partial charge in [0, 0.05) is 0 Å². The van der Waals surface area contributed by atoms with Gasteiger partial charge in [0.25, 0.3) is 5.91 Å². The molecule has 0 saturated carbocycles. The number of hydrazone groups is 1. The predicted octanol–water partition coefficient (Wildman–Crippen LogP) is 2.41. The molecule has 1 amide bonds. The van der Waals surface area contributed by atoms with E-state index in [9.17, 15) is 4.79 Å². The number of carbonyl (C=O) groups excluding carboxylic acids is 1. The Morgan fingerprint density at radius 3 is 2.68 bits per heavy atom. The molecule has 0 unspecified atom stereocenters. The highest BCUT2D eigenvalue weighted by atomic mass is 16.5. The highest BCUT2D eigenvalue weighted by Gasteiger charge is 2.12. The van der Waals surface area contributed by atoms with Crippen LogP contribution in [0.1, 0.15) is 38.2 Å². The molecule has 2 rings (SSSR count). The molecule has 22 heavy (non-hydrogen) atoms. The summed E-state index contributed by atoms with van der Waals surface area (Å²) in [5.74, 6) is 0.800. The number of hydrogen-bond acceptors (Lipinski definition) is 4. The van der Waals surface area contributed by atoms with Crippen LogP contribution in [0.4, 0.5) is 0 Å². The lowest BCUT2D eigenvalue weighted by Gasteiger charge is -2.25. The highest BCUT2D eigenvalue weighted by Crippen LogP contribution is 2.11. The fraction of sp³-hybridized carbons (Fsp3) is 0.529. The lowest BCUT2D eigenvalue weighted by molar-refractivity contribution is -0.122. The van der Waals surface area contributed by atoms with Gasteiger partial charge in [0.1, 0.15) is 5.75 Å². The maximum Gasteiger partial charge on any atom is 0.254 e. The van der Waals surface area contributed by atoms with E-state index in [-0.39, 0.29) is 5.91 Å². The number of ether oxygens (including phenoxy) is 1. The molecule has 1 aliphatic heterocycles. The maximum absolute atomic E-state index is 11.8. The fourth-order valence-corrected chi connectivity index (χ4v) is 2.40. The summed E-state index contributed by atoms with van der Waals surface area (Å²) in [5.41, 5.74) is 3.52. The molecule has 0 aliphatic carbocycles. The van der Waals surface area contributed by atoms with Gasteiger partial charge in [-0.05, 0) is 62.2 Å². The normalized spacial score (nSPS) is 15.9. The second-order valence-electron chi connectivity index (χ2n) is 5.55. The lowest BCUT2D eigenvalue weighted by Crippen LogP contribution is -2.38. The van der Waals surface area contributed by atoms with Crippen molar-refractivity contribution >= 4 is 12.1 Å². The van der Waals surface area contributed by atoms with Crippen LogP contribution in [0.2, 0.25) is 0 Å². The predicted molar refractivity (Wildman–Crippen MR) is 88.3 cm³/mol. The SMILES string of the molecule is CCCOc1ccc(/C=N/NC(=O)CN2CCCCC2)cc1. The van der Waals surface area contributed by atoms with E-state index in [4.69, 9.17) is 4.74 Å². The Hall–Kier alpha value is -1.88. The van der Waals surface area contributed by atoms with E-state index in [0.717, 1.165) is 37.4 Å². The van der Waals surface area contributed by atoms with Gasteiger partial charge in [0.05, 0.1) is 19.4 Å². The van der Waals surface area contributed by atoms with E-state index in [1.54, 1.807) is 6.21 Å². The second kappa shape index (κ2) is 9.20. The molecule has 1 N–H and O–H groups in total. The van der Waals surface area contributed by atoms with Crippen LogP contribution in [0.3, 0.4) is 0 Å². The molecule has 1 aromatic carbocycles. The molecule has 1 heterocycles. The molecule has 0 atom stereocenters. The second-order valence-corrected chi connectivity index (χ2v) is 5.55. The summed E-state index contributed by atoms with van der Waals surface area (Å²) < 4.78 is 5.52. The average molecular weight is 303 g/mol. The van der Waals surface area contributed by atoms with Gasteiger partial charge in [-0.1, -0.05) is 13.3 Å². The van der Waals surface area contributed by atoms with Crippen LogP contribution in [0, 0.1) is 0 Å². The third-order valence-corrected chi connectivity index (χ3v) is 3.57. The summed E-state index contributed by atoms with van der Waals surface area (Å²) in [6.45, 7) is 5.25. The molecule has 1 aliphatic rings. The average Bonchev–Trinajstić information content (AvgIpc) is 2.55. The molecular formula is C17H25N3O2. The van der Waals surface area contributed by atoms with Crippen molar-refractivity contribution in [3.8, 4) is 5.75 Å². The van der Waals surface area contributed by atoms with E-state index in [1.165, 1.54) is 19.3 Å². The number of hydrogen-bond donors (Lipinski definition) is 1. The number of benzene rings is 1. The van der Waals surface area contributed by atoms with E-state index < -0.39 is 0 Å². The molecule has 1 saturated heterocycles. The van der Waals surface area contributed by atoms with E-state index in [2.05, 4.69) is 22.4 Å². The third-order valence-electron chi connectivity index (χ3n) is 3.57. The summed E-state index contributed by atoms with van der Waals surface area (Å²) in [6, 6.07) is 7.66. The van der Waals surface area contributed by atoms with Crippen molar-refractivity contribution in [2.75, 3.05) is 26.2 Å². The number of likely N-dealkylation sites (tertiary alicyclic amines) is 1. The zero-order valence-electron chi connectivity index (χ0n) is 13.3. The number of piperidine rings is 1. The highest BCUT2D eigenvalue weighted by molar-refractivity contribution is 5.83. The van der Waals surface area contributed by atoms with Crippen molar-refractivity contribution in [1.29, 1.82) is 0 Å². The summed E-state index contributed by atoms with van der Waals surface area (Å²) in [7, 11) is 0. The Labute approximate surface area is 132 Å². The topological polar surface area (TPSA) is 53.9 Å². The van der Waals surface area contributed by atoms with Crippen LogP contribution < -0.4 is 10.2 Å². The molecule has 1 aromatic rings. The molecule has 5 heteroatoms. The summed E-state index contributed by atoms with van der Waals surface area (Å²) in [5, 5.41) is 4.01. The number of nitrogens with one attached hydrogen (secondary N) is 1. The van der Waals surface area contributed by atoms with Gasteiger partial charge >= 0.3 is 0 Å². The van der Waals surface area contributed by atoms with Crippen molar-refractivity contribution < 1.29 is 9.53 Å². The van der Waals surface area contributed by atoms with Crippen molar-refractivity contribution in [3.05, 3.63) is 29.8 Å². The zero-order valence-corrected chi connectivity index (χ0v) is 13.3. The van der Waals surface area contributed by atoms with E-state index >= 15 is 0 Å². The first-order valence-corrected chi connectivity index (χ1v) is 8.05. The Kier molecular flexibility index (Phi) is 6.90. The standard InChI is InChI=1S/C17H25N3O2/c1-2-12-22-16-8-6-15(7-9-16)13-18-19-17(21)14-20-10-4-3-5-11-20/h6-9,13H,2-5,10-12,14H2,1H3,(H,19,21)/b18-13+. The molecule has 1 fully saturated rings. The quantitative estimate of drug-likeness (QED) is 0.621. The zero-order chi connectivity index (χ0) is 15.6. The van der Waals surface area contributed by atoms with Crippen molar-refractivity contribution in [3.63, 3.8) is 0 Å². The van der Waals surface area contributed by atoms with Gasteiger partial charge < -0.3 is 4.74 Å². The van der Waals surface area contributed by atoms with Crippen molar-refractivity contribution in [1.82, 2.24) is 10.3 Å². The lowest BCUT2D eigenvalue weighted by atomic mass is 10.1. The smallest absolute Gasteiger partial charge is 0.254 e. The molecular weight excluding hydrogens is 278 g/mol. The van der Waals surface area contributed by atoms with Gasteiger partial charge in [0.2, 0.25) is 0 Å². The monoisotopic (exact) mass is 303 g/mol. The first-order chi connectivity index (χ1) is 10.8. The van der Waals surface area contributed by atoms with Crippen molar-refractivity contribution in [2.24, 2.45) is 5.10 Å². The molecule has 5 nitrogen and oxygen atoms in total. The fourth-order valence-electron chi connectivity index (χ4n) is 2.40. The van der Waals surface area contributed by atoms with E-state index in [1.807, 2.05) is 24.3 Å². The van der Waals surface area contributed by atoms with Crippen LogP contribution in [0.15, 0.2) is 29.4 Å². The van der Waals surface area contributed by atoms with Crippen LogP contribution in [0.25, 0.3) is 0 Å². The van der Waals surface area contributed by atoms with Crippen LogP contribution in [-0.4, -0.2) is 43.3 Å². The minimum atomic E-state index is -0.0546. The van der Waals surface area contributed by atoms with Crippen LogP contribution >= 0.6 is 0 Å². The first-order valence-electron chi connectivity index (χ1n) is 8.05. The maximum atomic E-state index is 11.8. The van der Waals surface area contributed by atoms with Gasteiger partial charge in [-0.15, -0.1) is 0 Å². The number of amides is 1. The van der Waals surface area contributed by atoms with Crippen LogP contribution in [-0.2, 0) is 4.79 Å². The van der Waals surface area contributed by atoms with Crippen LogP contribution in [0.5, 0.6) is 5.75 Å². The first kappa shape index (κ1) is 16.5. The van der Waals surface area contributed by atoms with Crippen molar-refractivity contribution in [2.45, 2.75) is 32.6 Å². The van der Waals surface area contributed by atoms with Gasteiger partial charge in [-0.2, -0.15) is 5.10 Å². The Bertz CT molecular complexity index is 479. The molecule has 0 spiro atoms. The molecule has 0 bridgehead atoms. The summed E-state index contributed by atoms with van der Waals surface area (Å²) in [6.07, 6.45) is 6.28. The molecule has 120 valence electrons. The minimum absolute atomic E-state index is 0.0546. The van der Waals surface area contributed by atoms with Gasteiger partial charge in [-0.3, -0.25) is 9.69 Å². The Morgan fingerprint density at radius 1 is 1.27 bits per heavy atom. The van der Waals surface area contributed by atoms with Gasteiger partial charge in [0.15, 0.2) is 0 Å². The molecule has 0 radical (unpaired) electrons. The minimum Gasteiger partial charge on any atom is -0.494 e. The van der Waals surface area contributed by atoms with Gasteiger partial charge in [-0.25, -0.2) is 5.43 Å².